The molecule has 0 saturated carbocycles. The van der Waals surface area contributed by atoms with E-state index in [4.69, 9.17) is 11.5 Å². The van der Waals surface area contributed by atoms with Crippen molar-refractivity contribution >= 4 is 5.84 Å². The molecule has 3 aliphatic heterocycles. The van der Waals surface area contributed by atoms with Crippen LogP contribution in [0.15, 0.2) is 58.9 Å². The van der Waals surface area contributed by atoms with E-state index >= 15 is 0 Å². The van der Waals surface area contributed by atoms with E-state index in [9.17, 15) is 0 Å². The molecular weight excluding hydrogens is 310 g/mol. The van der Waals surface area contributed by atoms with Gasteiger partial charge in [-0.1, -0.05) is 43.3 Å². The molecule has 4 rings (SSSR count). The Kier molecular flexibility index (Phi) is 4.13. The van der Waals surface area contributed by atoms with Crippen molar-refractivity contribution in [2.24, 2.45) is 28.3 Å². The molecule has 0 aromatic heterocycles. The van der Waals surface area contributed by atoms with Gasteiger partial charge in [-0.2, -0.15) is 0 Å². The zero-order chi connectivity index (χ0) is 17.4. The highest BCUT2D eigenvalue weighted by atomic mass is 15.1. The zero-order valence-corrected chi connectivity index (χ0v) is 14.8. The van der Waals surface area contributed by atoms with E-state index in [0.29, 0.717) is 12.5 Å². The van der Waals surface area contributed by atoms with Crippen molar-refractivity contribution in [3.05, 3.63) is 59.4 Å². The van der Waals surface area contributed by atoms with Gasteiger partial charge in [0.25, 0.3) is 0 Å². The van der Waals surface area contributed by atoms with Crippen LogP contribution in [0.5, 0.6) is 0 Å². The second kappa shape index (κ2) is 6.32. The number of nitrogens with two attached hydrogens (primary N) is 2. The fraction of sp³-hybridized carbons (Fsp3) is 0.450. The number of aliphatic imine (C=N–C) groups is 1. The molecule has 0 spiro atoms. The summed E-state index contributed by atoms with van der Waals surface area (Å²) >= 11 is 0. The standard InChI is InChI=1S/C20H27N5/c1-14-8-10-25(12-15-5-3-2-4-6-15)13-17(14)20(22)16-7-9-23-19(16)24-11-18(20)21/h2-7,11,14,17H,8-10,12-13,21-22H2,1H3,(H,23,24). The summed E-state index contributed by atoms with van der Waals surface area (Å²) in [5.41, 5.74) is 15.9. The zero-order valence-electron chi connectivity index (χ0n) is 14.8. The van der Waals surface area contributed by atoms with Gasteiger partial charge >= 0.3 is 0 Å². The fourth-order valence-corrected chi connectivity index (χ4v) is 4.45. The SMILES string of the molecule is CC1CCN(Cc2ccccc2)CC1C1(N)C(N)=CNC2=NCC=C21. The summed E-state index contributed by atoms with van der Waals surface area (Å²) in [5, 5.41) is 3.19. The maximum Gasteiger partial charge on any atom is 0.130 e. The van der Waals surface area contributed by atoms with Gasteiger partial charge in [-0.05, 0) is 24.4 Å². The average molecular weight is 337 g/mol. The lowest BCUT2D eigenvalue weighted by atomic mass is 9.67. The second-order valence-electron chi connectivity index (χ2n) is 7.51. The molecule has 1 saturated heterocycles. The summed E-state index contributed by atoms with van der Waals surface area (Å²) in [5.74, 6) is 1.69. The number of nitrogens with zero attached hydrogens (tertiary/aromatic N) is 2. The van der Waals surface area contributed by atoms with Gasteiger partial charge in [0, 0.05) is 36.5 Å². The van der Waals surface area contributed by atoms with Crippen LogP contribution in [-0.4, -0.2) is 35.9 Å². The molecule has 0 bridgehead atoms. The maximum atomic E-state index is 7.00. The number of amidine groups is 1. The number of rotatable bonds is 3. The van der Waals surface area contributed by atoms with Crippen LogP contribution in [0.2, 0.25) is 0 Å². The molecule has 3 heterocycles. The van der Waals surface area contributed by atoms with Gasteiger partial charge in [0.15, 0.2) is 0 Å². The summed E-state index contributed by atoms with van der Waals surface area (Å²) in [4.78, 5) is 7.02. The molecule has 1 aromatic carbocycles. The molecule has 0 radical (unpaired) electrons. The molecule has 3 atom stereocenters. The maximum absolute atomic E-state index is 7.00. The highest BCUT2D eigenvalue weighted by Crippen LogP contribution is 2.40. The van der Waals surface area contributed by atoms with Gasteiger partial charge in [-0.15, -0.1) is 0 Å². The molecule has 132 valence electrons. The molecule has 25 heavy (non-hydrogen) atoms. The van der Waals surface area contributed by atoms with Crippen LogP contribution < -0.4 is 16.8 Å². The molecule has 0 amide bonds. The number of fused-ring (bicyclic) bond motifs is 1. The number of likely N-dealkylation sites (tertiary alicyclic amines) is 1. The fourth-order valence-electron chi connectivity index (χ4n) is 4.45. The molecule has 3 unspecified atom stereocenters. The molecule has 1 fully saturated rings. The Morgan fingerprint density at radius 2 is 2.12 bits per heavy atom. The van der Waals surface area contributed by atoms with Crippen molar-refractivity contribution < 1.29 is 0 Å². The molecule has 5 heteroatoms. The predicted octanol–water partition coefficient (Wildman–Crippen LogP) is 1.58. The number of benzene rings is 1. The third-order valence-electron chi connectivity index (χ3n) is 5.96. The van der Waals surface area contributed by atoms with Gasteiger partial charge in [0.2, 0.25) is 0 Å². The molecule has 5 N–H and O–H groups in total. The molecular formula is C20H27N5. The minimum absolute atomic E-state index is 0.276. The van der Waals surface area contributed by atoms with Gasteiger partial charge in [-0.3, -0.25) is 9.89 Å². The molecule has 1 aromatic rings. The Bertz CT molecular complexity index is 736. The van der Waals surface area contributed by atoms with E-state index < -0.39 is 5.54 Å². The third kappa shape index (κ3) is 2.77. The predicted molar refractivity (Wildman–Crippen MR) is 102 cm³/mol. The number of hydrogen-bond acceptors (Lipinski definition) is 5. The van der Waals surface area contributed by atoms with Crippen LogP contribution in [0.4, 0.5) is 0 Å². The van der Waals surface area contributed by atoms with E-state index in [1.807, 2.05) is 6.20 Å². The Morgan fingerprint density at radius 3 is 2.92 bits per heavy atom. The Balaban J connectivity index is 1.60. The first kappa shape index (κ1) is 16.4. The summed E-state index contributed by atoms with van der Waals surface area (Å²) in [6, 6.07) is 10.6. The van der Waals surface area contributed by atoms with E-state index in [0.717, 1.165) is 43.2 Å². The Hall–Kier alpha value is -2.11. The van der Waals surface area contributed by atoms with E-state index in [2.05, 4.69) is 58.5 Å². The number of piperidine rings is 1. The lowest BCUT2D eigenvalue weighted by Gasteiger charge is -2.49. The Labute approximate surface area is 149 Å². The van der Waals surface area contributed by atoms with Crippen LogP contribution in [0.1, 0.15) is 18.9 Å². The Morgan fingerprint density at radius 1 is 1.32 bits per heavy atom. The largest absolute Gasteiger partial charge is 0.399 e. The number of hydrogen-bond donors (Lipinski definition) is 3. The lowest BCUT2D eigenvalue weighted by Crippen LogP contribution is -2.63. The van der Waals surface area contributed by atoms with Crippen molar-refractivity contribution in [3.8, 4) is 0 Å². The smallest absolute Gasteiger partial charge is 0.130 e. The van der Waals surface area contributed by atoms with Crippen LogP contribution >= 0.6 is 0 Å². The summed E-state index contributed by atoms with van der Waals surface area (Å²) in [6.45, 7) is 6.01. The highest BCUT2D eigenvalue weighted by Gasteiger charge is 2.49. The average Bonchev–Trinajstić information content (AvgIpc) is 3.11. The topological polar surface area (TPSA) is 79.7 Å². The lowest BCUT2D eigenvalue weighted by molar-refractivity contribution is 0.0905. The summed E-state index contributed by atoms with van der Waals surface area (Å²) < 4.78 is 0. The first-order chi connectivity index (χ1) is 12.1. The van der Waals surface area contributed by atoms with Crippen molar-refractivity contribution in [3.63, 3.8) is 0 Å². The van der Waals surface area contributed by atoms with Crippen molar-refractivity contribution in [2.75, 3.05) is 19.6 Å². The van der Waals surface area contributed by atoms with Gasteiger partial charge < -0.3 is 16.8 Å². The quantitative estimate of drug-likeness (QED) is 0.782. The van der Waals surface area contributed by atoms with Gasteiger partial charge in [0.05, 0.1) is 12.1 Å². The van der Waals surface area contributed by atoms with E-state index in [-0.39, 0.29) is 5.92 Å². The van der Waals surface area contributed by atoms with Crippen LogP contribution in [0.3, 0.4) is 0 Å². The van der Waals surface area contributed by atoms with Crippen molar-refractivity contribution in [2.45, 2.75) is 25.4 Å². The van der Waals surface area contributed by atoms with Crippen LogP contribution in [0.25, 0.3) is 0 Å². The summed E-state index contributed by atoms with van der Waals surface area (Å²) in [7, 11) is 0. The number of nitrogens with one attached hydrogen (secondary N) is 1. The molecule has 0 aliphatic carbocycles. The van der Waals surface area contributed by atoms with Gasteiger partial charge in [-0.25, -0.2) is 0 Å². The van der Waals surface area contributed by atoms with Crippen LogP contribution in [0, 0.1) is 11.8 Å². The normalized spacial score (nSPS) is 32.3. The second-order valence-corrected chi connectivity index (χ2v) is 7.51. The summed E-state index contributed by atoms with van der Waals surface area (Å²) in [6.07, 6.45) is 5.10. The first-order valence-corrected chi connectivity index (χ1v) is 9.12. The highest BCUT2D eigenvalue weighted by molar-refractivity contribution is 6.04. The van der Waals surface area contributed by atoms with Crippen molar-refractivity contribution in [1.82, 2.24) is 10.2 Å². The monoisotopic (exact) mass is 337 g/mol. The third-order valence-corrected chi connectivity index (χ3v) is 5.96. The van der Waals surface area contributed by atoms with Gasteiger partial charge in [0.1, 0.15) is 5.84 Å². The van der Waals surface area contributed by atoms with E-state index in [1.165, 1.54) is 5.56 Å². The minimum Gasteiger partial charge on any atom is -0.399 e. The van der Waals surface area contributed by atoms with E-state index in [1.54, 1.807) is 0 Å². The molecule has 3 aliphatic rings. The minimum atomic E-state index is -0.630. The molecule has 5 nitrogen and oxygen atoms in total. The van der Waals surface area contributed by atoms with Crippen LogP contribution in [-0.2, 0) is 6.54 Å². The first-order valence-electron chi connectivity index (χ1n) is 9.12. The van der Waals surface area contributed by atoms with Crippen molar-refractivity contribution in [1.29, 1.82) is 0 Å².